The molecule has 0 unspecified atom stereocenters. The van der Waals surface area contributed by atoms with Gasteiger partial charge in [-0.15, -0.1) is 0 Å². The van der Waals surface area contributed by atoms with E-state index in [0.29, 0.717) is 11.5 Å². The average molecular weight is 382 g/mol. The molecular weight excluding hydrogens is 360 g/mol. The fraction of sp³-hybridized carbons (Fsp3) is 0.273. The fourth-order valence-corrected chi connectivity index (χ4v) is 3.17. The minimum atomic E-state index is -0.465. The van der Waals surface area contributed by atoms with Crippen molar-refractivity contribution in [1.82, 2.24) is 0 Å². The number of benzene rings is 3. The molecule has 0 atom stereocenters. The third-order valence-electron chi connectivity index (χ3n) is 4.53. The van der Waals surface area contributed by atoms with E-state index in [1.54, 1.807) is 0 Å². The van der Waals surface area contributed by atoms with Crippen LogP contribution in [0.15, 0.2) is 36.4 Å². The standard InChI is InChI=1S/C22H22O6/c1-13-8-9-15-17(10-13)21(27-11-18(23)25-3)16-7-5-6-14(2)20(16)22(15)28-12-19(24)26-4/h5-10H,11-12H2,1-4H3. The molecule has 3 aromatic carbocycles. The lowest BCUT2D eigenvalue weighted by molar-refractivity contribution is -0.143. The Hall–Kier alpha value is -3.28. The van der Waals surface area contributed by atoms with E-state index in [2.05, 4.69) is 0 Å². The Labute approximate surface area is 162 Å². The molecule has 146 valence electrons. The topological polar surface area (TPSA) is 71.1 Å². The van der Waals surface area contributed by atoms with Gasteiger partial charge >= 0.3 is 11.9 Å². The Balaban J connectivity index is 2.29. The van der Waals surface area contributed by atoms with Crippen LogP contribution < -0.4 is 9.47 Å². The Morgan fingerprint density at radius 1 is 0.786 bits per heavy atom. The first kappa shape index (κ1) is 19.5. The van der Waals surface area contributed by atoms with Gasteiger partial charge in [-0.25, -0.2) is 9.59 Å². The quantitative estimate of drug-likeness (QED) is 0.478. The van der Waals surface area contributed by atoms with E-state index in [-0.39, 0.29) is 13.2 Å². The highest BCUT2D eigenvalue weighted by Crippen LogP contribution is 2.44. The van der Waals surface area contributed by atoms with E-state index in [1.165, 1.54) is 14.2 Å². The second kappa shape index (κ2) is 8.17. The zero-order valence-electron chi connectivity index (χ0n) is 16.3. The SMILES string of the molecule is COC(=O)COc1c2cc(C)ccc2c(OCC(=O)OC)c2c(C)cccc12. The van der Waals surface area contributed by atoms with Crippen LogP contribution in [-0.4, -0.2) is 39.4 Å². The third-order valence-corrected chi connectivity index (χ3v) is 4.53. The highest BCUT2D eigenvalue weighted by molar-refractivity contribution is 6.12. The molecule has 0 bridgehead atoms. The number of fused-ring (bicyclic) bond motifs is 2. The van der Waals surface area contributed by atoms with Gasteiger partial charge in [-0.2, -0.15) is 0 Å². The van der Waals surface area contributed by atoms with Crippen LogP contribution in [0.4, 0.5) is 0 Å². The van der Waals surface area contributed by atoms with Gasteiger partial charge in [0.05, 0.1) is 14.2 Å². The number of carbonyl (C=O) groups excluding carboxylic acids is 2. The molecule has 0 spiro atoms. The number of esters is 2. The molecule has 0 aromatic heterocycles. The first-order valence-corrected chi connectivity index (χ1v) is 8.81. The molecule has 0 aliphatic heterocycles. The van der Waals surface area contributed by atoms with Crippen LogP contribution in [-0.2, 0) is 19.1 Å². The van der Waals surface area contributed by atoms with Gasteiger partial charge in [-0.3, -0.25) is 0 Å². The van der Waals surface area contributed by atoms with E-state index < -0.39 is 11.9 Å². The summed E-state index contributed by atoms with van der Waals surface area (Å²) < 4.78 is 21.2. The van der Waals surface area contributed by atoms with Crippen LogP contribution in [0.1, 0.15) is 11.1 Å². The summed E-state index contributed by atoms with van der Waals surface area (Å²) in [4.78, 5) is 23.3. The van der Waals surface area contributed by atoms with Crippen molar-refractivity contribution in [3.63, 3.8) is 0 Å². The van der Waals surface area contributed by atoms with Gasteiger partial charge in [0.1, 0.15) is 11.5 Å². The number of hydrogen-bond acceptors (Lipinski definition) is 6. The van der Waals surface area contributed by atoms with Gasteiger partial charge in [0.2, 0.25) is 0 Å². The number of methoxy groups -OCH3 is 2. The van der Waals surface area contributed by atoms with E-state index in [1.807, 2.05) is 50.2 Å². The van der Waals surface area contributed by atoms with Crippen molar-refractivity contribution in [2.75, 3.05) is 27.4 Å². The zero-order valence-corrected chi connectivity index (χ0v) is 16.3. The van der Waals surface area contributed by atoms with Crippen LogP contribution in [0.25, 0.3) is 21.5 Å². The second-order valence-corrected chi connectivity index (χ2v) is 6.43. The summed E-state index contributed by atoms with van der Waals surface area (Å²) in [7, 11) is 2.64. The summed E-state index contributed by atoms with van der Waals surface area (Å²) in [5.74, 6) is 0.229. The smallest absolute Gasteiger partial charge is 0.343 e. The van der Waals surface area contributed by atoms with Crippen LogP contribution in [0, 0.1) is 13.8 Å². The molecule has 0 aliphatic carbocycles. The Morgan fingerprint density at radius 3 is 2.07 bits per heavy atom. The molecule has 0 saturated heterocycles. The minimum Gasteiger partial charge on any atom is -0.481 e. The lowest BCUT2D eigenvalue weighted by Gasteiger charge is -2.19. The molecule has 0 fully saturated rings. The molecule has 0 aliphatic rings. The van der Waals surface area contributed by atoms with Crippen LogP contribution in [0.3, 0.4) is 0 Å². The van der Waals surface area contributed by atoms with Crippen LogP contribution in [0.2, 0.25) is 0 Å². The van der Waals surface area contributed by atoms with Crippen molar-refractivity contribution in [2.24, 2.45) is 0 Å². The Bertz CT molecular complexity index is 1050. The van der Waals surface area contributed by atoms with Crippen molar-refractivity contribution in [1.29, 1.82) is 0 Å². The summed E-state index contributed by atoms with van der Waals surface area (Å²) in [6, 6.07) is 11.6. The molecule has 0 amide bonds. The molecule has 6 heteroatoms. The van der Waals surface area contributed by atoms with Gasteiger partial charge in [0.25, 0.3) is 0 Å². The van der Waals surface area contributed by atoms with Gasteiger partial charge in [-0.1, -0.05) is 35.9 Å². The number of carbonyl (C=O) groups is 2. The van der Waals surface area contributed by atoms with Crippen molar-refractivity contribution in [3.05, 3.63) is 47.5 Å². The lowest BCUT2D eigenvalue weighted by atomic mass is 9.96. The summed E-state index contributed by atoms with van der Waals surface area (Å²) in [5, 5.41) is 3.20. The summed E-state index contributed by atoms with van der Waals surface area (Å²) in [6.07, 6.45) is 0. The lowest BCUT2D eigenvalue weighted by Crippen LogP contribution is -2.14. The average Bonchev–Trinajstić information content (AvgIpc) is 2.70. The number of rotatable bonds is 6. The van der Waals surface area contributed by atoms with Gasteiger partial charge in [0.15, 0.2) is 13.2 Å². The van der Waals surface area contributed by atoms with Crippen molar-refractivity contribution < 1.29 is 28.5 Å². The first-order chi connectivity index (χ1) is 13.5. The molecule has 3 aromatic rings. The fourth-order valence-electron chi connectivity index (χ4n) is 3.17. The summed E-state index contributed by atoms with van der Waals surface area (Å²) in [5.41, 5.74) is 1.99. The van der Waals surface area contributed by atoms with Crippen LogP contribution in [0.5, 0.6) is 11.5 Å². The molecule has 0 saturated carbocycles. The Morgan fingerprint density at radius 2 is 1.43 bits per heavy atom. The number of aryl methyl sites for hydroxylation is 2. The molecule has 6 nitrogen and oxygen atoms in total. The van der Waals surface area contributed by atoms with E-state index in [4.69, 9.17) is 18.9 Å². The van der Waals surface area contributed by atoms with Crippen molar-refractivity contribution in [3.8, 4) is 11.5 Å². The maximum absolute atomic E-state index is 11.7. The molecule has 28 heavy (non-hydrogen) atoms. The maximum Gasteiger partial charge on any atom is 0.343 e. The van der Waals surface area contributed by atoms with E-state index in [9.17, 15) is 9.59 Å². The maximum atomic E-state index is 11.7. The zero-order chi connectivity index (χ0) is 20.3. The highest BCUT2D eigenvalue weighted by atomic mass is 16.6. The van der Waals surface area contributed by atoms with E-state index >= 15 is 0 Å². The molecule has 3 rings (SSSR count). The van der Waals surface area contributed by atoms with Gasteiger partial charge in [0, 0.05) is 21.5 Å². The Kier molecular flexibility index (Phi) is 5.68. The molecule has 0 heterocycles. The first-order valence-electron chi connectivity index (χ1n) is 8.81. The van der Waals surface area contributed by atoms with E-state index in [0.717, 1.165) is 32.7 Å². The summed E-state index contributed by atoms with van der Waals surface area (Å²) >= 11 is 0. The number of hydrogen-bond donors (Lipinski definition) is 0. The third kappa shape index (κ3) is 3.71. The second-order valence-electron chi connectivity index (χ2n) is 6.43. The number of ether oxygens (including phenoxy) is 4. The van der Waals surface area contributed by atoms with Crippen LogP contribution >= 0.6 is 0 Å². The largest absolute Gasteiger partial charge is 0.481 e. The normalized spacial score (nSPS) is 10.7. The predicted molar refractivity (Wildman–Crippen MR) is 106 cm³/mol. The monoisotopic (exact) mass is 382 g/mol. The predicted octanol–water partition coefficient (Wildman–Crippen LogP) is 3.71. The molecule has 0 N–H and O–H groups in total. The molecule has 0 radical (unpaired) electrons. The van der Waals surface area contributed by atoms with Gasteiger partial charge < -0.3 is 18.9 Å². The molecular formula is C22H22O6. The van der Waals surface area contributed by atoms with Crippen molar-refractivity contribution >= 4 is 33.5 Å². The highest BCUT2D eigenvalue weighted by Gasteiger charge is 2.19. The van der Waals surface area contributed by atoms with Gasteiger partial charge in [-0.05, 0) is 25.5 Å². The minimum absolute atomic E-state index is 0.203. The summed E-state index contributed by atoms with van der Waals surface area (Å²) in [6.45, 7) is 3.52. The van der Waals surface area contributed by atoms with Crippen molar-refractivity contribution in [2.45, 2.75) is 13.8 Å².